The number of carbonyl (C=O) groups is 1. The summed E-state index contributed by atoms with van der Waals surface area (Å²) in [7, 11) is 0. The Morgan fingerprint density at radius 1 is 1.33 bits per heavy atom. The highest BCUT2D eigenvalue weighted by atomic mass is 16.7. The van der Waals surface area contributed by atoms with Gasteiger partial charge in [-0.2, -0.15) is 0 Å². The lowest BCUT2D eigenvalue weighted by molar-refractivity contribution is -0.204. The Kier molecular flexibility index (Phi) is 13.6. The number of rotatable bonds is 6. The van der Waals surface area contributed by atoms with Crippen LogP contribution in [0.3, 0.4) is 0 Å². The molecule has 4 heteroatoms. The van der Waals surface area contributed by atoms with Crippen molar-refractivity contribution in [2.24, 2.45) is 16.8 Å². The van der Waals surface area contributed by atoms with Gasteiger partial charge < -0.3 is 9.47 Å². The maximum absolute atomic E-state index is 10.7. The zero-order valence-electron chi connectivity index (χ0n) is 16.0. The van der Waals surface area contributed by atoms with Gasteiger partial charge in [-0.25, -0.2) is 4.79 Å². The fraction of sp³-hybridized carbons (Fsp3) is 0.600. The summed E-state index contributed by atoms with van der Waals surface area (Å²) in [6, 6.07) is 0. The lowest BCUT2D eigenvalue weighted by Crippen LogP contribution is -2.33. The summed E-state index contributed by atoms with van der Waals surface area (Å²) < 4.78 is 9.97. The van der Waals surface area contributed by atoms with Crippen LogP contribution in [0.25, 0.3) is 0 Å². The first kappa shape index (κ1) is 24.2. The molecule has 24 heavy (non-hydrogen) atoms. The van der Waals surface area contributed by atoms with Crippen molar-refractivity contribution in [2.45, 2.75) is 66.6 Å². The molecule has 2 unspecified atom stereocenters. The van der Waals surface area contributed by atoms with Crippen molar-refractivity contribution in [2.75, 3.05) is 0 Å². The minimum Gasteiger partial charge on any atom is -0.457 e. The van der Waals surface area contributed by atoms with Gasteiger partial charge >= 0.3 is 5.97 Å². The Morgan fingerprint density at radius 3 is 2.29 bits per heavy atom. The summed E-state index contributed by atoms with van der Waals surface area (Å²) in [6.07, 6.45) is 16.8. The summed E-state index contributed by atoms with van der Waals surface area (Å²) in [6.45, 7) is 15.4. The normalized spacial score (nSPS) is 17.7. The molecule has 0 saturated carbocycles. The second-order valence-electron chi connectivity index (χ2n) is 5.97. The van der Waals surface area contributed by atoms with Crippen LogP contribution in [0.15, 0.2) is 29.6 Å². The van der Waals surface area contributed by atoms with Crippen LogP contribution in [0.4, 0.5) is 0 Å². The Labute approximate surface area is 148 Å². The molecule has 0 aromatic heterocycles. The van der Waals surface area contributed by atoms with Crippen molar-refractivity contribution in [3.8, 4) is 12.8 Å². The quantitative estimate of drug-likeness (QED) is 0.385. The molecule has 0 aromatic rings. The van der Waals surface area contributed by atoms with Crippen LogP contribution >= 0.6 is 0 Å². The van der Waals surface area contributed by atoms with E-state index in [1.165, 1.54) is 25.3 Å². The molecule has 1 rings (SSSR count). The van der Waals surface area contributed by atoms with E-state index in [1.54, 1.807) is 27.0 Å². The van der Waals surface area contributed by atoms with Crippen LogP contribution in [-0.4, -0.2) is 18.0 Å². The third-order valence-corrected chi connectivity index (χ3v) is 3.43. The molecule has 0 radical (unpaired) electrons. The average molecular weight is 335 g/mol. The van der Waals surface area contributed by atoms with Gasteiger partial charge in [0, 0.05) is 26.3 Å². The fourth-order valence-corrected chi connectivity index (χ4v) is 2.40. The van der Waals surface area contributed by atoms with E-state index < -0.39 is 5.79 Å². The van der Waals surface area contributed by atoms with Gasteiger partial charge in [0.25, 0.3) is 0 Å². The third kappa shape index (κ3) is 11.5. The summed E-state index contributed by atoms with van der Waals surface area (Å²) in [5.74, 6) is 0.845. The Morgan fingerprint density at radius 2 is 1.92 bits per heavy atom. The van der Waals surface area contributed by atoms with E-state index >= 15 is 0 Å². The minimum absolute atomic E-state index is 0.339. The Bertz CT molecular complexity index is 447. The lowest BCUT2D eigenvalue weighted by atomic mass is 9.89. The van der Waals surface area contributed by atoms with Crippen molar-refractivity contribution in [1.29, 1.82) is 0 Å². The monoisotopic (exact) mass is 335 g/mol. The van der Waals surface area contributed by atoms with Crippen molar-refractivity contribution < 1.29 is 14.3 Å². The van der Waals surface area contributed by atoms with E-state index in [9.17, 15) is 4.79 Å². The predicted molar refractivity (Wildman–Crippen MR) is 101 cm³/mol. The van der Waals surface area contributed by atoms with Gasteiger partial charge in [0.2, 0.25) is 5.79 Å². The van der Waals surface area contributed by atoms with E-state index in [1.807, 2.05) is 6.21 Å². The molecule has 136 valence electrons. The van der Waals surface area contributed by atoms with E-state index in [0.717, 1.165) is 5.92 Å². The largest absolute Gasteiger partial charge is 0.457 e. The van der Waals surface area contributed by atoms with Gasteiger partial charge in [0.05, 0.1) is 6.08 Å². The van der Waals surface area contributed by atoms with Crippen LogP contribution in [0, 0.1) is 24.7 Å². The summed E-state index contributed by atoms with van der Waals surface area (Å²) in [5.41, 5.74) is 0. The second kappa shape index (κ2) is 13.4. The molecule has 2 atom stereocenters. The van der Waals surface area contributed by atoms with Crippen molar-refractivity contribution >= 4 is 12.2 Å². The lowest BCUT2D eigenvalue weighted by Gasteiger charge is -2.29. The first-order valence-corrected chi connectivity index (χ1v) is 8.33. The van der Waals surface area contributed by atoms with E-state index in [0.29, 0.717) is 11.7 Å². The number of esters is 1. The van der Waals surface area contributed by atoms with Crippen LogP contribution in [0.1, 0.15) is 60.8 Å². The van der Waals surface area contributed by atoms with E-state index in [4.69, 9.17) is 9.47 Å². The molecule has 1 aliphatic rings. The molecule has 0 bridgehead atoms. The first-order chi connectivity index (χ1) is 11.3. The highest BCUT2D eigenvalue weighted by molar-refractivity contribution is 5.83. The molecule has 0 N–H and O–H groups in total. The number of carbonyl (C=O) groups excluding carboxylic acids is 1. The highest BCUT2D eigenvalue weighted by Gasteiger charge is 2.27. The fourth-order valence-electron chi connectivity index (χ4n) is 2.40. The zero-order valence-corrected chi connectivity index (χ0v) is 16.0. The molecule has 0 saturated heterocycles. The van der Waals surface area contributed by atoms with Crippen molar-refractivity contribution in [3.05, 3.63) is 24.6 Å². The Hall–Kier alpha value is -2.02. The van der Waals surface area contributed by atoms with Gasteiger partial charge in [-0.05, 0) is 18.8 Å². The van der Waals surface area contributed by atoms with Crippen molar-refractivity contribution in [1.82, 2.24) is 0 Å². The topological polar surface area (TPSA) is 47.9 Å². The number of allylic oxidation sites excluding steroid dienone is 1. The molecular formula is C20H33NO3. The van der Waals surface area contributed by atoms with Crippen LogP contribution in [0.2, 0.25) is 0 Å². The molecule has 0 spiro atoms. The summed E-state index contributed by atoms with van der Waals surface area (Å²) in [4.78, 5) is 14.8. The van der Waals surface area contributed by atoms with Gasteiger partial charge in [-0.3, -0.25) is 4.99 Å². The van der Waals surface area contributed by atoms with Gasteiger partial charge in [-0.1, -0.05) is 46.6 Å². The number of cyclic esters (lactones) is 1. The predicted octanol–water partition coefficient (Wildman–Crippen LogP) is 5.11. The molecular weight excluding hydrogens is 302 g/mol. The van der Waals surface area contributed by atoms with E-state index in [-0.39, 0.29) is 5.97 Å². The molecule has 0 aromatic carbocycles. The number of hydrogen-bond donors (Lipinski definition) is 0. The van der Waals surface area contributed by atoms with Crippen LogP contribution in [-0.2, 0) is 14.3 Å². The first-order valence-electron chi connectivity index (χ1n) is 8.33. The molecule has 0 fully saturated rings. The SMILES string of the molecule is C#C.C=CN=CC(C)C(CC)CCC.CC1=CC(=O)OC(C)(C)O1. The average Bonchev–Trinajstić information content (AvgIpc) is 2.50. The second-order valence-corrected chi connectivity index (χ2v) is 5.97. The van der Waals surface area contributed by atoms with Crippen LogP contribution in [0.5, 0.6) is 0 Å². The number of aliphatic imine (C=N–C) groups is 1. The number of terminal acetylenes is 1. The maximum Gasteiger partial charge on any atom is 0.337 e. The minimum atomic E-state index is -0.796. The molecule has 0 aliphatic carbocycles. The van der Waals surface area contributed by atoms with Gasteiger partial charge in [0.1, 0.15) is 5.76 Å². The van der Waals surface area contributed by atoms with Gasteiger partial charge in [0.15, 0.2) is 0 Å². The molecule has 0 amide bonds. The Balaban J connectivity index is 0. The molecule has 1 heterocycles. The standard InChI is InChI=1S/C11H21N.C7H10O3.C2H2/c1-5-8-11(6-2)10(4)9-12-7-3;1-5-4-6(8)10-7(2,3)9-5;1-2/h7,9-11H,3,5-6,8H2,1-2,4H3;4H,1-3H3;1-2H. The van der Waals surface area contributed by atoms with Crippen LogP contribution < -0.4 is 0 Å². The number of nitrogens with zero attached hydrogens (tertiary/aromatic N) is 1. The van der Waals surface area contributed by atoms with E-state index in [2.05, 4.69) is 45.2 Å². The summed E-state index contributed by atoms with van der Waals surface area (Å²) >= 11 is 0. The molecule has 4 nitrogen and oxygen atoms in total. The third-order valence-electron chi connectivity index (χ3n) is 3.43. The summed E-state index contributed by atoms with van der Waals surface area (Å²) in [5, 5.41) is 0. The smallest absolute Gasteiger partial charge is 0.337 e. The zero-order chi connectivity index (χ0) is 19.2. The van der Waals surface area contributed by atoms with Gasteiger partial charge in [-0.15, -0.1) is 12.8 Å². The number of hydrogen-bond acceptors (Lipinski definition) is 4. The van der Waals surface area contributed by atoms with Crippen molar-refractivity contribution in [3.63, 3.8) is 0 Å². The highest BCUT2D eigenvalue weighted by Crippen LogP contribution is 2.21. The molecule has 1 aliphatic heterocycles. The maximum atomic E-state index is 10.7. The number of ether oxygens (including phenoxy) is 2.